The summed E-state index contributed by atoms with van der Waals surface area (Å²) in [5.74, 6) is 0.196. The summed E-state index contributed by atoms with van der Waals surface area (Å²) in [6, 6.07) is 14.1. The van der Waals surface area contributed by atoms with Crippen molar-refractivity contribution in [3.63, 3.8) is 0 Å². The van der Waals surface area contributed by atoms with E-state index >= 15 is 0 Å². The van der Waals surface area contributed by atoms with Crippen molar-refractivity contribution in [2.45, 2.75) is 52.6 Å². The monoisotopic (exact) mass is 602 g/mol. The van der Waals surface area contributed by atoms with Crippen LogP contribution in [0.5, 0.6) is 0 Å². The predicted molar refractivity (Wildman–Crippen MR) is 156 cm³/mol. The van der Waals surface area contributed by atoms with Crippen LogP contribution < -0.4 is 10.9 Å². The van der Waals surface area contributed by atoms with E-state index in [-0.39, 0.29) is 35.9 Å². The molecule has 2 aromatic carbocycles. The van der Waals surface area contributed by atoms with Gasteiger partial charge in [0.25, 0.3) is 17.4 Å². The molecule has 1 N–H and O–H groups in total. The zero-order valence-electron chi connectivity index (χ0n) is 23.1. The number of rotatable bonds is 5. The number of amides is 2. The lowest BCUT2D eigenvalue weighted by Gasteiger charge is -2.34. The van der Waals surface area contributed by atoms with Crippen molar-refractivity contribution >= 4 is 27.7 Å². The third kappa shape index (κ3) is 4.99. The molecule has 0 radical (unpaired) electrons. The van der Waals surface area contributed by atoms with Gasteiger partial charge in [0.05, 0.1) is 23.6 Å². The van der Waals surface area contributed by atoms with Gasteiger partial charge in [-0.15, -0.1) is 0 Å². The van der Waals surface area contributed by atoms with Gasteiger partial charge in [0.1, 0.15) is 0 Å². The normalized spacial score (nSPS) is 14.8. The van der Waals surface area contributed by atoms with E-state index in [2.05, 4.69) is 21.2 Å². The van der Waals surface area contributed by atoms with Crippen molar-refractivity contribution in [3.05, 3.63) is 103 Å². The van der Waals surface area contributed by atoms with E-state index in [4.69, 9.17) is 10.1 Å². The highest BCUT2D eigenvalue weighted by molar-refractivity contribution is 9.10. The molecule has 1 atom stereocenters. The van der Waals surface area contributed by atoms with Crippen molar-refractivity contribution in [2.24, 2.45) is 0 Å². The smallest absolute Gasteiger partial charge is 0.263 e. The fourth-order valence-corrected chi connectivity index (χ4v) is 5.16. The Labute approximate surface area is 241 Å². The Kier molecular flexibility index (Phi) is 7.46. The maximum atomic E-state index is 14.1. The fourth-order valence-electron chi connectivity index (χ4n) is 4.91. The maximum Gasteiger partial charge on any atom is 0.263 e. The molecule has 40 heavy (non-hydrogen) atoms. The summed E-state index contributed by atoms with van der Waals surface area (Å²) in [6.45, 7) is 8.20. The van der Waals surface area contributed by atoms with Gasteiger partial charge in [0, 0.05) is 40.4 Å². The first-order valence-corrected chi connectivity index (χ1v) is 14.0. The van der Waals surface area contributed by atoms with Crippen LogP contribution in [0.4, 0.5) is 0 Å². The van der Waals surface area contributed by atoms with Crippen LogP contribution in [0.1, 0.15) is 69.9 Å². The molecule has 2 amide bonds. The van der Waals surface area contributed by atoms with Gasteiger partial charge in [-0.2, -0.15) is 5.10 Å². The summed E-state index contributed by atoms with van der Waals surface area (Å²) < 4.78 is 4.08. The second kappa shape index (κ2) is 10.8. The molecule has 4 aromatic rings. The van der Waals surface area contributed by atoms with E-state index in [0.29, 0.717) is 40.4 Å². The van der Waals surface area contributed by atoms with Crippen molar-refractivity contribution in [1.82, 2.24) is 29.5 Å². The minimum atomic E-state index is -0.215. The number of aryl methyl sites for hydroxylation is 1. The predicted octanol–water partition coefficient (Wildman–Crippen LogP) is 4.56. The molecule has 206 valence electrons. The Morgan fingerprint density at radius 3 is 2.40 bits per heavy atom. The molecular weight excluding hydrogens is 572 g/mol. The molecule has 0 saturated carbocycles. The van der Waals surface area contributed by atoms with E-state index in [1.54, 1.807) is 53.2 Å². The number of hydrogen-bond acceptors (Lipinski definition) is 5. The summed E-state index contributed by atoms with van der Waals surface area (Å²) >= 11 is 3.50. The van der Waals surface area contributed by atoms with Crippen molar-refractivity contribution in [1.29, 1.82) is 0 Å². The molecule has 1 aliphatic rings. The van der Waals surface area contributed by atoms with Crippen LogP contribution in [-0.4, -0.2) is 49.1 Å². The van der Waals surface area contributed by atoms with Crippen LogP contribution in [0.25, 0.3) is 11.6 Å². The third-order valence-corrected chi connectivity index (χ3v) is 8.17. The summed E-state index contributed by atoms with van der Waals surface area (Å²) in [5.41, 5.74) is 4.40. The third-order valence-electron chi connectivity index (χ3n) is 7.28. The molecule has 0 bridgehead atoms. The summed E-state index contributed by atoms with van der Waals surface area (Å²) in [5, 5.41) is 7.31. The van der Waals surface area contributed by atoms with Crippen LogP contribution in [0, 0.1) is 6.92 Å². The Hall–Kier alpha value is -4.05. The van der Waals surface area contributed by atoms with Gasteiger partial charge < -0.3 is 10.2 Å². The highest BCUT2D eigenvalue weighted by atomic mass is 79.9. The summed E-state index contributed by atoms with van der Waals surface area (Å²) in [4.78, 5) is 46.4. The quantitative estimate of drug-likeness (QED) is 0.361. The zero-order valence-corrected chi connectivity index (χ0v) is 24.7. The number of fused-ring (bicyclic) bond motifs is 1. The first-order valence-electron chi connectivity index (χ1n) is 13.2. The van der Waals surface area contributed by atoms with E-state index in [0.717, 1.165) is 15.7 Å². The van der Waals surface area contributed by atoms with Crippen molar-refractivity contribution in [2.75, 3.05) is 7.05 Å². The first kappa shape index (κ1) is 27.5. The molecule has 2 aromatic heterocycles. The van der Waals surface area contributed by atoms with Crippen molar-refractivity contribution in [3.8, 4) is 11.6 Å². The molecule has 3 heterocycles. The molecule has 1 unspecified atom stereocenters. The molecular formula is C30H31BrN6O3. The highest BCUT2D eigenvalue weighted by Gasteiger charge is 2.32. The van der Waals surface area contributed by atoms with E-state index in [1.807, 2.05) is 45.9 Å². The lowest BCUT2D eigenvalue weighted by molar-refractivity contribution is 0.0652. The average Bonchev–Trinajstić information content (AvgIpc) is 3.45. The van der Waals surface area contributed by atoms with Crippen LogP contribution in [0.3, 0.4) is 0 Å². The number of nitrogens with one attached hydrogen (secondary N) is 1. The largest absolute Gasteiger partial charge is 0.355 e. The number of carbonyl (C=O) groups excluding carboxylic acids is 2. The number of aromatic nitrogens is 4. The van der Waals surface area contributed by atoms with E-state index < -0.39 is 0 Å². The molecule has 1 aliphatic heterocycles. The lowest BCUT2D eigenvalue weighted by atomic mass is 9.98. The second-order valence-corrected chi connectivity index (χ2v) is 11.2. The van der Waals surface area contributed by atoms with Gasteiger partial charge >= 0.3 is 0 Å². The lowest BCUT2D eigenvalue weighted by Crippen LogP contribution is -2.46. The van der Waals surface area contributed by atoms with E-state index in [1.165, 1.54) is 4.57 Å². The zero-order chi connectivity index (χ0) is 28.7. The molecule has 10 heteroatoms. The molecule has 0 spiro atoms. The number of carbonyl (C=O) groups is 2. The Bertz CT molecular complexity index is 1670. The Morgan fingerprint density at radius 2 is 1.77 bits per heavy atom. The minimum Gasteiger partial charge on any atom is -0.355 e. The van der Waals surface area contributed by atoms with E-state index in [9.17, 15) is 14.4 Å². The first-order chi connectivity index (χ1) is 19.1. The minimum absolute atomic E-state index is 0.104. The number of benzene rings is 2. The number of nitrogens with zero attached hydrogens (tertiary/aromatic N) is 5. The van der Waals surface area contributed by atoms with Crippen LogP contribution in [0.15, 0.2) is 64.0 Å². The second-order valence-electron chi connectivity index (χ2n) is 10.4. The molecule has 9 nitrogen and oxygen atoms in total. The Balaban J connectivity index is 1.62. The molecule has 0 aliphatic carbocycles. The van der Waals surface area contributed by atoms with Gasteiger partial charge in [-0.3, -0.25) is 14.4 Å². The van der Waals surface area contributed by atoms with Crippen LogP contribution in [0.2, 0.25) is 0 Å². The van der Waals surface area contributed by atoms with Crippen LogP contribution in [-0.2, 0) is 13.0 Å². The highest BCUT2D eigenvalue weighted by Crippen LogP contribution is 2.26. The number of halogens is 1. The maximum absolute atomic E-state index is 14.1. The molecule has 0 fully saturated rings. The number of hydrogen-bond donors (Lipinski definition) is 1. The standard InChI is InChI=1S/C30H31BrN6O3/c1-17(2)25-12-13-36(34-25)30-33-26-16-35(28(39)21-8-11-24(31)18(3)14-21)19(4)15-23(26)29(40)37(30)22-9-6-20(7-10-22)27(38)32-5/h6-14,17,19H,15-16H2,1-5H3,(H,32,38). The fraction of sp³-hybridized carbons (Fsp3) is 0.300. The average molecular weight is 604 g/mol. The Morgan fingerprint density at radius 1 is 1.07 bits per heavy atom. The van der Waals surface area contributed by atoms with Gasteiger partial charge in [-0.05, 0) is 80.3 Å². The van der Waals surface area contributed by atoms with Gasteiger partial charge in [-0.25, -0.2) is 14.2 Å². The SMILES string of the molecule is CNC(=O)c1ccc(-n2c(-n3ccc(C(C)C)n3)nc3c(c2=O)CC(C)N(C(=O)c2ccc(Br)c(C)c2)C3)cc1. The summed E-state index contributed by atoms with van der Waals surface area (Å²) in [7, 11) is 1.57. The van der Waals surface area contributed by atoms with Crippen LogP contribution >= 0.6 is 15.9 Å². The summed E-state index contributed by atoms with van der Waals surface area (Å²) in [6.07, 6.45) is 2.16. The topological polar surface area (TPSA) is 102 Å². The van der Waals surface area contributed by atoms with Gasteiger partial charge in [0.2, 0.25) is 5.95 Å². The van der Waals surface area contributed by atoms with Gasteiger partial charge in [-0.1, -0.05) is 29.8 Å². The molecule has 0 saturated heterocycles. The van der Waals surface area contributed by atoms with Gasteiger partial charge in [0.15, 0.2) is 0 Å². The van der Waals surface area contributed by atoms with Crippen molar-refractivity contribution < 1.29 is 9.59 Å². The molecule has 5 rings (SSSR count).